The normalized spacial score (nSPS) is 10.6. The molecule has 0 spiro atoms. The van der Waals surface area contributed by atoms with E-state index in [0.29, 0.717) is 0 Å². The highest BCUT2D eigenvalue weighted by atomic mass is 16.1. The largest absolute Gasteiger partial charge is 0.323 e. The molecule has 0 aliphatic heterocycles. The predicted octanol–water partition coefficient (Wildman–Crippen LogP) is 7.44. The van der Waals surface area contributed by atoms with Gasteiger partial charge in [-0.25, -0.2) is 0 Å². The van der Waals surface area contributed by atoms with Crippen molar-refractivity contribution in [1.29, 1.82) is 0 Å². The number of hydrogen-bond acceptors (Lipinski definition) is 1. The minimum absolute atomic E-state index is 0.197. The van der Waals surface area contributed by atoms with E-state index in [4.69, 9.17) is 0 Å². The summed E-state index contributed by atoms with van der Waals surface area (Å²) in [6, 6.07) is 23.7. The Kier molecular flexibility index (Phi) is 7.62. The number of rotatable bonds is 9. The molecule has 0 fully saturated rings. The third-order valence-corrected chi connectivity index (χ3v) is 5.49. The summed E-state index contributed by atoms with van der Waals surface area (Å²) in [5.41, 5.74) is 8.42. The van der Waals surface area contributed by atoms with Crippen LogP contribution in [-0.2, 0) is 17.6 Å². The Morgan fingerprint density at radius 3 is 2.17 bits per heavy atom. The molecule has 0 radical (unpaired) electrons. The number of unbranched alkanes of at least 4 members (excludes halogenated alkanes) is 2. The number of nitrogens with one attached hydrogen (secondary N) is 1. The molecule has 0 heterocycles. The summed E-state index contributed by atoms with van der Waals surface area (Å²) < 4.78 is 0. The average molecular weight is 398 g/mol. The van der Waals surface area contributed by atoms with E-state index in [9.17, 15) is 4.79 Å². The zero-order valence-electron chi connectivity index (χ0n) is 18.1. The predicted molar refractivity (Wildman–Crippen MR) is 129 cm³/mol. The molecule has 0 unspecified atom stereocenters. The van der Waals surface area contributed by atoms with Crippen LogP contribution in [0.3, 0.4) is 0 Å². The molecule has 0 bridgehead atoms. The molecule has 154 valence electrons. The molecule has 0 saturated heterocycles. The number of benzene rings is 3. The second-order valence-electron chi connectivity index (χ2n) is 7.65. The van der Waals surface area contributed by atoms with Crippen LogP contribution in [0.4, 0.5) is 5.69 Å². The van der Waals surface area contributed by atoms with E-state index in [-0.39, 0.29) is 5.91 Å². The Morgan fingerprint density at radius 2 is 1.53 bits per heavy atom. The summed E-state index contributed by atoms with van der Waals surface area (Å²) in [6.07, 6.45) is 7.23. The van der Waals surface area contributed by atoms with Crippen LogP contribution in [0.1, 0.15) is 44.2 Å². The van der Waals surface area contributed by atoms with Gasteiger partial charge in [-0.1, -0.05) is 87.9 Å². The van der Waals surface area contributed by atoms with Crippen molar-refractivity contribution in [3.63, 3.8) is 0 Å². The number of hydrogen-bond donors (Lipinski definition) is 1. The van der Waals surface area contributed by atoms with Gasteiger partial charge >= 0.3 is 0 Å². The van der Waals surface area contributed by atoms with Crippen LogP contribution in [0.15, 0.2) is 79.4 Å². The van der Waals surface area contributed by atoms with Crippen LogP contribution in [0.25, 0.3) is 22.3 Å². The zero-order valence-corrected chi connectivity index (χ0v) is 18.1. The lowest BCUT2D eigenvalue weighted by molar-refractivity contribution is -0.111. The molecule has 1 N–H and O–H groups in total. The molecule has 3 aromatic rings. The highest BCUT2D eigenvalue weighted by Gasteiger charge is 2.08. The Bertz CT molecular complexity index is 984. The van der Waals surface area contributed by atoms with Gasteiger partial charge in [-0.2, -0.15) is 0 Å². The van der Waals surface area contributed by atoms with Crippen LogP contribution in [0.2, 0.25) is 0 Å². The van der Waals surface area contributed by atoms with E-state index in [1.165, 1.54) is 53.2 Å². The fraction of sp³-hybridized carbons (Fsp3) is 0.250. The highest BCUT2D eigenvalue weighted by Crippen LogP contribution is 2.30. The quantitative estimate of drug-likeness (QED) is 0.295. The van der Waals surface area contributed by atoms with E-state index in [1.54, 1.807) is 0 Å². The van der Waals surface area contributed by atoms with Crippen molar-refractivity contribution < 1.29 is 4.79 Å². The summed E-state index contributed by atoms with van der Waals surface area (Å²) in [5, 5.41) is 2.79. The van der Waals surface area contributed by atoms with Crippen molar-refractivity contribution >= 4 is 11.6 Å². The Morgan fingerprint density at radius 1 is 0.867 bits per heavy atom. The van der Waals surface area contributed by atoms with E-state index >= 15 is 0 Å². The van der Waals surface area contributed by atoms with Crippen molar-refractivity contribution in [3.8, 4) is 22.3 Å². The third kappa shape index (κ3) is 5.48. The number of carbonyl (C=O) groups excluding carboxylic acids is 1. The monoisotopic (exact) mass is 397 g/mol. The van der Waals surface area contributed by atoms with Crippen LogP contribution >= 0.6 is 0 Å². The maximum Gasteiger partial charge on any atom is 0.247 e. The lowest BCUT2D eigenvalue weighted by Crippen LogP contribution is -2.06. The van der Waals surface area contributed by atoms with Gasteiger partial charge in [0.05, 0.1) is 0 Å². The van der Waals surface area contributed by atoms with Crippen LogP contribution < -0.4 is 5.32 Å². The Hall–Kier alpha value is -3.13. The first-order chi connectivity index (χ1) is 14.6. The fourth-order valence-electron chi connectivity index (χ4n) is 3.72. The molecule has 3 aromatic carbocycles. The molecule has 0 atom stereocenters. The van der Waals surface area contributed by atoms with Crippen LogP contribution in [0, 0.1) is 0 Å². The van der Waals surface area contributed by atoms with Crippen molar-refractivity contribution in [2.24, 2.45) is 0 Å². The molecule has 30 heavy (non-hydrogen) atoms. The Balaban J connectivity index is 1.79. The molecule has 0 saturated carbocycles. The number of amides is 1. The molecule has 2 heteroatoms. The van der Waals surface area contributed by atoms with Crippen molar-refractivity contribution in [2.75, 3.05) is 5.32 Å². The first-order valence-corrected chi connectivity index (χ1v) is 10.9. The molecule has 0 aliphatic carbocycles. The van der Waals surface area contributed by atoms with Gasteiger partial charge in [-0.15, -0.1) is 0 Å². The topological polar surface area (TPSA) is 29.1 Å². The highest BCUT2D eigenvalue weighted by molar-refractivity contribution is 5.99. The summed E-state index contributed by atoms with van der Waals surface area (Å²) in [7, 11) is 0. The minimum Gasteiger partial charge on any atom is -0.323 e. The van der Waals surface area contributed by atoms with E-state index in [0.717, 1.165) is 24.1 Å². The molecule has 2 nitrogen and oxygen atoms in total. The second kappa shape index (κ2) is 10.6. The van der Waals surface area contributed by atoms with Crippen LogP contribution in [-0.4, -0.2) is 5.91 Å². The average Bonchev–Trinajstić information content (AvgIpc) is 2.80. The van der Waals surface area contributed by atoms with Gasteiger partial charge in [0.2, 0.25) is 5.91 Å². The van der Waals surface area contributed by atoms with E-state index in [1.807, 2.05) is 12.1 Å². The lowest BCUT2D eigenvalue weighted by atomic mass is 9.93. The van der Waals surface area contributed by atoms with Gasteiger partial charge in [0, 0.05) is 5.69 Å². The molecule has 3 rings (SSSR count). The molecule has 0 aliphatic rings. The van der Waals surface area contributed by atoms with Crippen molar-refractivity contribution in [1.82, 2.24) is 0 Å². The van der Waals surface area contributed by atoms with Gasteiger partial charge < -0.3 is 5.32 Å². The van der Waals surface area contributed by atoms with Gasteiger partial charge in [0.25, 0.3) is 0 Å². The van der Waals surface area contributed by atoms with E-state index in [2.05, 4.69) is 80.3 Å². The second-order valence-corrected chi connectivity index (χ2v) is 7.65. The standard InChI is InChI=1S/C28H31NO/c1-4-7-8-9-21-10-12-23(13-11-21)25-16-19-27(22(5-2)20-25)24-14-17-26(18-15-24)29-28(30)6-3/h6,10-20H,3-5,7-9H2,1-2H3,(H,29,30). The van der Waals surface area contributed by atoms with Crippen molar-refractivity contribution in [2.45, 2.75) is 46.0 Å². The molecule has 0 aromatic heterocycles. The van der Waals surface area contributed by atoms with Gasteiger partial charge in [0.1, 0.15) is 0 Å². The zero-order chi connectivity index (χ0) is 21.3. The maximum atomic E-state index is 11.5. The maximum absolute atomic E-state index is 11.5. The van der Waals surface area contributed by atoms with Gasteiger partial charge in [-0.3, -0.25) is 4.79 Å². The Labute approximate surface area is 180 Å². The summed E-state index contributed by atoms with van der Waals surface area (Å²) in [5.74, 6) is -0.197. The summed E-state index contributed by atoms with van der Waals surface area (Å²) in [4.78, 5) is 11.5. The first kappa shape index (κ1) is 21.6. The summed E-state index contributed by atoms with van der Waals surface area (Å²) in [6.45, 7) is 7.92. The molecule has 1 amide bonds. The SMILES string of the molecule is C=CC(=O)Nc1ccc(-c2ccc(-c3ccc(CCCCC)cc3)cc2CC)cc1. The number of aryl methyl sites for hydroxylation is 2. The number of carbonyl (C=O) groups is 1. The summed E-state index contributed by atoms with van der Waals surface area (Å²) >= 11 is 0. The first-order valence-electron chi connectivity index (χ1n) is 10.9. The van der Waals surface area contributed by atoms with Crippen LogP contribution in [0.5, 0.6) is 0 Å². The van der Waals surface area contributed by atoms with Gasteiger partial charge in [0.15, 0.2) is 0 Å². The smallest absolute Gasteiger partial charge is 0.247 e. The van der Waals surface area contributed by atoms with E-state index < -0.39 is 0 Å². The fourth-order valence-corrected chi connectivity index (χ4v) is 3.72. The molecular formula is C28H31NO. The third-order valence-electron chi connectivity index (χ3n) is 5.49. The minimum atomic E-state index is -0.197. The number of anilines is 1. The molecular weight excluding hydrogens is 366 g/mol. The van der Waals surface area contributed by atoms with Gasteiger partial charge in [-0.05, 0) is 70.9 Å². The van der Waals surface area contributed by atoms with Crippen molar-refractivity contribution in [3.05, 3.63) is 90.5 Å². The lowest BCUT2D eigenvalue weighted by Gasteiger charge is -2.12.